The topological polar surface area (TPSA) is 84.1 Å². The zero-order valence-corrected chi connectivity index (χ0v) is 19.7. The number of ether oxygens (including phenoxy) is 1. The number of benzene rings is 2. The average molecular weight is 448 g/mol. The number of hydrogen-bond acceptors (Lipinski definition) is 5. The van der Waals surface area contributed by atoms with Crippen molar-refractivity contribution >= 4 is 16.9 Å². The molecule has 174 valence electrons. The van der Waals surface area contributed by atoms with Crippen molar-refractivity contribution in [1.82, 2.24) is 15.3 Å². The molecule has 1 aliphatic rings. The lowest BCUT2D eigenvalue weighted by atomic mass is 9.83. The number of carbonyl (C=O) groups is 1. The van der Waals surface area contributed by atoms with Gasteiger partial charge in [0.05, 0.1) is 30.1 Å². The second-order valence-corrected chi connectivity index (χ2v) is 9.34. The summed E-state index contributed by atoms with van der Waals surface area (Å²) in [5, 5.41) is 4.02. The van der Waals surface area contributed by atoms with E-state index in [-0.39, 0.29) is 11.6 Å². The van der Waals surface area contributed by atoms with Crippen molar-refractivity contribution in [1.29, 1.82) is 0 Å². The first kappa shape index (κ1) is 23.2. The molecule has 4 rings (SSSR count). The standard InChI is InChI=1S/C27H33N3O3/c1-17(2)25(20-11-9-19(10-12-20)18-7-5-4-6-8-18)28-16-24-29-23-15-21(27(32)33-3)13-14-22(23)26(31)30-24/h9-15,17-18,25,28H,4-8,16H2,1-3H3,(H,29,30,31)/t25-/m0/s1. The summed E-state index contributed by atoms with van der Waals surface area (Å²) in [7, 11) is 1.33. The lowest BCUT2D eigenvalue weighted by Gasteiger charge is -2.25. The molecule has 0 radical (unpaired) electrons. The molecular formula is C27H33N3O3. The van der Waals surface area contributed by atoms with Gasteiger partial charge in [-0.1, -0.05) is 57.4 Å². The molecule has 6 nitrogen and oxygen atoms in total. The molecular weight excluding hydrogens is 414 g/mol. The number of esters is 1. The van der Waals surface area contributed by atoms with Crippen LogP contribution >= 0.6 is 0 Å². The molecule has 1 fully saturated rings. The van der Waals surface area contributed by atoms with E-state index in [0.717, 1.165) is 0 Å². The Labute approximate surface area is 194 Å². The Hall–Kier alpha value is -2.99. The Bertz CT molecular complexity index is 1160. The van der Waals surface area contributed by atoms with E-state index < -0.39 is 5.97 Å². The van der Waals surface area contributed by atoms with Crippen molar-refractivity contribution in [2.75, 3.05) is 7.11 Å². The third kappa shape index (κ3) is 5.33. The summed E-state index contributed by atoms with van der Waals surface area (Å²) in [5.74, 6) is 1.15. The van der Waals surface area contributed by atoms with Gasteiger partial charge in [-0.25, -0.2) is 9.78 Å². The Morgan fingerprint density at radius 1 is 1.12 bits per heavy atom. The summed E-state index contributed by atoms with van der Waals surface area (Å²) in [6.45, 7) is 4.79. The molecule has 3 aromatic rings. The van der Waals surface area contributed by atoms with Crippen LogP contribution in [-0.2, 0) is 11.3 Å². The van der Waals surface area contributed by atoms with E-state index in [1.807, 2.05) is 0 Å². The Balaban J connectivity index is 1.51. The summed E-state index contributed by atoms with van der Waals surface area (Å²) in [6, 6.07) is 14.0. The Morgan fingerprint density at radius 2 is 1.85 bits per heavy atom. The summed E-state index contributed by atoms with van der Waals surface area (Å²) in [4.78, 5) is 31.9. The third-order valence-electron chi connectivity index (χ3n) is 6.70. The van der Waals surface area contributed by atoms with Crippen LogP contribution in [0.25, 0.3) is 10.9 Å². The SMILES string of the molecule is COC(=O)c1ccc2c(=O)[nH]c(CN[C@H](c3ccc(C4CCCCC4)cc3)C(C)C)nc2c1. The van der Waals surface area contributed by atoms with Crippen LogP contribution in [0.5, 0.6) is 0 Å². The zero-order chi connectivity index (χ0) is 23.4. The smallest absolute Gasteiger partial charge is 0.337 e. The van der Waals surface area contributed by atoms with Gasteiger partial charge in [-0.3, -0.25) is 4.79 Å². The number of nitrogens with one attached hydrogen (secondary N) is 2. The van der Waals surface area contributed by atoms with E-state index in [2.05, 4.69) is 53.4 Å². The molecule has 2 aromatic carbocycles. The van der Waals surface area contributed by atoms with Gasteiger partial charge in [0.1, 0.15) is 5.82 Å². The number of rotatable bonds is 7. The molecule has 0 spiro atoms. The van der Waals surface area contributed by atoms with Gasteiger partial charge >= 0.3 is 5.97 Å². The molecule has 0 amide bonds. The van der Waals surface area contributed by atoms with Crippen LogP contribution in [0.1, 0.15) is 85.2 Å². The van der Waals surface area contributed by atoms with Crippen molar-refractivity contribution in [3.8, 4) is 0 Å². The first-order valence-electron chi connectivity index (χ1n) is 11.9. The highest BCUT2D eigenvalue weighted by Gasteiger charge is 2.19. The molecule has 1 saturated carbocycles. The van der Waals surface area contributed by atoms with E-state index in [9.17, 15) is 9.59 Å². The number of hydrogen-bond donors (Lipinski definition) is 2. The number of H-pyrrole nitrogens is 1. The van der Waals surface area contributed by atoms with Gasteiger partial charge in [0, 0.05) is 6.04 Å². The van der Waals surface area contributed by atoms with Crippen molar-refractivity contribution < 1.29 is 9.53 Å². The lowest BCUT2D eigenvalue weighted by Crippen LogP contribution is -2.27. The largest absolute Gasteiger partial charge is 0.465 e. The highest BCUT2D eigenvalue weighted by molar-refractivity contribution is 5.93. The maximum absolute atomic E-state index is 12.5. The maximum Gasteiger partial charge on any atom is 0.337 e. The summed E-state index contributed by atoms with van der Waals surface area (Å²) < 4.78 is 4.78. The predicted molar refractivity (Wildman–Crippen MR) is 130 cm³/mol. The first-order chi connectivity index (χ1) is 16.0. The van der Waals surface area contributed by atoms with Crippen LogP contribution < -0.4 is 10.9 Å². The monoisotopic (exact) mass is 447 g/mol. The van der Waals surface area contributed by atoms with Crippen molar-refractivity contribution in [3.05, 3.63) is 75.3 Å². The van der Waals surface area contributed by atoms with Crippen LogP contribution in [0.4, 0.5) is 0 Å². The number of aromatic nitrogens is 2. The lowest BCUT2D eigenvalue weighted by molar-refractivity contribution is 0.0601. The molecule has 6 heteroatoms. The van der Waals surface area contributed by atoms with Gasteiger partial charge in [-0.15, -0.1) is 0 Å². The average Bonchev–Trinajstić information content (AvgIpc) is 2.84. The molecule has 1 aliphatic carbocycles. The predicted octanol–water partition coefficient (Wildman–Crippen LogP) is 5.24. The van der Waals surface area contributed by atoms with Crippen LogP contribution in [0.15, 0.2) is 47.3 Å². The quantitative estimate of drug-likeness (QED) is 0.484. The zero-order valence-electron chi connectivity index (χ0n) is 19.7. The van der Waals surface area contributed by atoms with Crippen LogP contribution in [-0.4, -0.2) is 23.0 Å². The van der Waals surface area contributed by atoms with E-state index in [0.29, 0.717) is 40.7 Å². The minimum Gasteiger partial charge on any atom is -0.465 e. The normalized spacial score (nSPS) is 15.6. The molecule has 0 bridgehead atoms. The van der Waals surface area contributed by atoms with Crippen LogP contribution in [0, 0.1) is 5.92 Å². The molecule has 0 saturated heterocycles. The minimum atomic E-state index is -0.449. The number of nitrogens with zero attached hydrogens (tertiary/aromatic N) is 1. The summed E-state index contributed by atoms with van der Waals surface area (Å²) >= 11 is 0. The maximum atomic E-state index is 12.5. The molecule has 1 aromatic heterocycles. The second kappa shape index (κ2) is 10.3. The van der Waals surface area contributed by atoms with Crippen molar-refractivity contribution in [2.45, 2.75) is 64.5 Å². The Kier molecular flexibility index (Phi) is 7.23. The van der Waals surface area contributed by atoms with Gasteiger partial charge in [-0.05, 0) is 54.0 Å². The molecule has 0 unspecified atom stereocenters. The first-order valence-corrected chi connectivity index (χ1v) is 11.9. The van der Waals surface area contributed by atoms with E-state index in [4.69, 9.17) is 4.74 Å². The molecule has 0 aliphatic heterocycles. The van der Waals surface area contributed by atoms with Gasteiger partial charge in [0.2, 0.25) is 0 Å². The number of fused-ring (bicyclic) bond motifs is 1. The number of carbonyl (C=O) groups excluding carboxylic acids is 1. The van der Waals surface area contributed by atoms with Gasteiger partial charge < -0.3 is 15.0 Å². The van der Waals surface area contributed by atoms with Crippen LogP contribution in [0.3, 0.4) is 0 Å². The summed E-state index contributed by atoms with van der Waals surface area (Å²) in [5.41, 5.74) is 3.33. The van der Waals surface area contributed by atoms with E-state index in [1.54, 1.807) is 18.2 Å². The van der Waals surface area contributed by atoms with Gasteiger partial charge in [0.15, 0.2) is 0 Å². The Morgan fingerprint density at radius 3 is 2.52 bits per heavy atom. The molecule has 1 heterocycles. The summed E-state index contributed by atoms with van der Waals surface area (Å²) in [6.07, 6.45) is 6.62. The van der Waals surface area contributed by atoms with Crippen molar-refractivity contribution in [3.63, 3.8) is 0 Å². The fourth-order valence-electron chi connectivity index (χ4n) is 4.87. The number of methoxy groups -OCH3 is 1. The minimum absolute atomic E-state index is 0.132. The van der Waals surface area contributed by atoms with Gasteiger partial charge in [-0.2, -0.15) is 0 Å². The molecule has 1 atom stereocenters. The van der Waals surface area contributed by atoms with Crippen LogP contribution in [0.2, 0.25) is 0 Å². The fourth-order valence-corrected chi connectivity index (χ4v) is 4.87. The highest BCUT2D eigenvalue weighted by atomic mass is 16.5. The van der Waals surface area contributed by atoms with E-state index in [1.165, 1.54) is 50.3 Å². The van der Waals surface area contributed by atoms with E-state index >= 15 is 0 Å². The highest BCUT2D eigenvalue weighted by Crippen LogP contribution is 2.33. The van der Waals surface area contributed by atoms with Crippen molar-refractivity contribution in [2.24, 2.45) is 5.92 Å². The fraction of sp³-hybridized carbons (Fsp3) is 0.444. The number of aromatic amines is 1. The third-order valence-corrected chi connectivity index (χ3v) is 6.70. The second-order valence-electron chi connectivity index (χ2n) is 9.34. The molecule has 33 heavy (non-hydrogen) atoms. The van der Waals surface area contributed by atoms with Gasteiger partial charge in [0.25, 0.3) is 5.56 Å². The molecule has 2 N–H and O–H groups in total.